The number of rotatable bonds is 4. The predicted octanol–water partition coefficient (Wildman–Crippen LogP) is 1.26. The number of carbonyl (C=O) groups excluding carboxylic acids is 1. The maximum Gasteiger partial charge on any atom is 0.251 e. The van der Waals surface area contributed by atoms with Crippen molar-refractivity contribution in [2.45, 2.75) is 19.6 Å². The molecule has 0 spiro atoms. The number of ether oxygens (including phenoxy) is 1. The molecular weight excluding hydrogens is 280 g/mol. The zero-order valence-corrected chi connectivity index (χ0v) is 12.1. The van der Waals surface area contributed by atoms with Gasteiger partial charge in [0.05, 0.1) is 37.6 Å². The van der Waals surface area contributed by atoms with Crippen LogP contribution in [0.3, 0.4) is 0 Å². The highest BCUT2D eigenvalue weighted by atomic mass is 16.5. The van der Waals surface area contributed by atoms with Crippen molar-refractivity contribution >= 4 is 5.91 Å². The molecular formula is C16H16N4O2. The number of nitrogens with zero attached hydrogens (tertiary/aromatic N) is 3. The summed E-state index contributed by atoms with van der Waals surface area (Å²) in [5.74, 6) is -0.179. The number of carbonyl (C=O) groups is 1. The lowest BCUT2D eigenvalue weighted by Crippen LogP contribution is -2.28. The number of fused-ring (bicyclic) bond motifs is 1. The molecule has 1 aromatic carbocycles. The van der Waals surface area contributed by atoms with E-state index in [2.05, 4.69) is 10.4 Å². The van der Waals surface area contributed by atoms with Crippen LogP contribution in [0.1, 0.15) is 27.2 Å². The van der Waals surface area contributed by atoms with Gasteiger partial charge in [0.1, 0.15) is 0 Å². The van der Waals surface area contributed by atoms with Crippen LogP contribution in [0.15, 0.2) is 30.5 Å². The largest absolute Gasteiger partial charge is 0.376 e. The number of amides is 1. The summed E-state index contributed by atoms with van der Waals surface area (Å²) in [5.41, 5.74) is 3.29. The summed E-state index contributed by atoms with van der Waals surface area (Å²) in [7, 11) is 0. The maximum atomic E-state index is 12.1. The molecule has 2 heterocycles. The highest BCUT2D eigenvalue weighted by Gasteiger charge is 2.15. The summed E-state index contributed by atoms with van der Waals surface area (Å²) in [6, 6.07) is 8.69. The third-order valence-corrected chi connectivity index (χ3v) is 3.64. The van der Waals surface area contributed by atoms with Crippen LogP contribution in [0.2, 0.25) is 0 Å². The summed E-state index contributed by atoms with van der Waals surface area (Å²) >= 11 is 0. The van der Waals surface area contributed by atoms with Crippen LogP contribution >= 0.6 is 0 Å². The van der Waals surface area contributed by atoms with E-state index in [1.54, 1.807) is 24.3 Å². The third-order valence-electron chi connectivity index (χ3n) is 3.64. The molecule has 1 aliphatic rings. The van der Waals surface area contributed by atoms with E-state index in [0.717, 1.165) is 12.0 Å². The molecule has 1 aliphatic heterocycles. The van der Waals surface area contributed by atoms with Gasteiger partial charge in [0.15, 0.2) is 0 Å². The van der Waals surface area contributed by atoms with Crippen molar-refractivity contribution in [2.24, 2.45) is 0 Å². The lowest BCUT2D eigenvalue weighted by molar-refractivity contribution is 0.0950. The monoisotopic (exact) mass is 296 g/mol. The molecule has 6 nitrogen and oxygen atoms in total. The van der Waals surface area contributed by atoms with Gasteiger partial charge in [-0.2, -0.15) is 10.4 Å². The van der Waals surface area contributed by atoms with E-state index in [0.29, 0.717) is 37.4 Å². The van der Waals surface area contributed by atoms with E-state index < -0.39 is 0 Å². The summed E-state index contributed by atoms with van der Waals surface area (Å²) in [6.07, 6.45) is 2.68. The standard InChI is InChI=1S/C16H16N4O2/c17-9-12-2-1-3-13(8-12)16(21)18-5-6-20-15-4-7-22-11-14(15)10-19-20/h1-3,8,10H,4-7,11H2,(H,18,21). The van der Waals surface area contributed by atoms with Crippen molar-refractivity contribution < 1.29 is 9.53 Å². The first-order valence-electron chi connectivity index (χ1n) is 7.17. The number of hydrogen-bond acceptors (Lipinski definition) is 4. The fourth-order valence-corrected chi connectivity index (χ4v) is 2.51. The van der Waals surface area contributed by atoms with Crippen molar-refractivity contribution in [1.29, 1.82) is 5.26 Å². The minimum Gasteiger partial charge on any atom is -0.376 e. The van der Waals surface area contributed by atoms with Gasteiger partial charge in [-0.25, -0.2) is 0 Å². The number of benzene rings is 1. The fourth-order valence-electron chi connectivity index (χ4n) is 2.51. The Bertz CT molecular complexity index is 730. The summed E-state index contributed by atoms with van der Waals surface area (Å²) in [5, 5.41) is 16.0. The Labute approximate surface area is 128 Å². The van der Waals surface area contributed by atoms with Crippen LogP contribution in [0.5, 0.6) is 0 Å². The average molecular weight is 296 g/mol. The molecule has 1 N–H and O–H groups in total. The van der Waals surface area contributed by atoms with Crippen molar-refractivity contribution in [3.8, 4) is 6.07 Å². The second kappa shape index (κ2) is 6.41. The molecule has 1 aromatic heterocycles. The van der Waals surface area contributed by atoms with E-state index in [4.69, 9.17) is 10.00 Å². The van der Waals surface area contributed by atoms with E-state index >= 15 is 0 Å². The Hall–Kier alpha value is -2.65. The van der Waals surface area contributed by atoms with Gasteiger partial charge < -0.3 is 10.1 Å². The Morgan fingerprint density at radius 3 is 3.27 bits per heavy atom. The van der Waals surface area contributed by atoms with Crippen LogP contribution in [-0.2, 0) is 24.3 Å². The molecule has 0 aliphatic carbocycles. The zero-order chi connectivity index (χ0) is 15.4. The Morgan fingerprint density at radius 1 is 1.50 bits per heavy atom. The van der Waals surface area contributed by atoms with Gasteiger partial charge in [0.25, 0.3) is 5.91 Å². The van der Waals surface area contributed by atoms with Crippen molar-refractivity contribution in [3.05, 3.63) is 52.8 Å². The molecule has 0 radical (unpaired) electrons. The Balaban J connectivity index is 1.58. The molecule has 0 saturated carbocycles. The summed E-state index contributed by atoms with van der Waals surface area (Å²) < 4.78 is 7.30. The highest BCUT2D eigenvalue weighted by molar-refractivity contribution is 5.94. The van der Waals surface area contributed by atoms with E-state index in [1.807, 2.05) is 16.9 Å². The number of nitriles is 1. The normalized spacial score (nSPS) is 13.2. The molecule has 6 heteroatoms. The van der Waals surface area contributed by atoms with Gasteiger partial charge in [0, 0.05) is 29.8 Å². The molecule has 3 rings (SSSR count). The van der Waals surface area contributed by atoms with Crippen LogP contribution in [0.4, 0.5) is 0 Å². The molecule has 112 valence electrons. The van der Waals surface area contributed by atoms with Crippen molar-refractivity contribution in [1.82, 2.24) is 15.1 Å². The van der Waals surface area contributed by atoms with Gasteiger partial charge >= 0.3 is 0 Å². The van der Waals surface area contributed by atoms with E-state index in [1.165, 1.54) is 5.69 Å². The van der Waals surface area contributed by atoms with Gasteiger partial charge in [-0.3, -0.25) is 9.48 Å². The van der Waals surface area contributed by atoms with Gasteiger partial charge in [-0.15, -0.1) is 0 Å². The van der Waals surface area contributed by atoms with Crippen LogP contribution in [-0.4, -0.2) is 28.8 Å². The lowest BCUT2D eigenvalue weighted by Gasteiger charge is -2.14. The van der Waals surface area contributed by atoms with Gasteiger partial charge in [-0.1, -0.05) is 6.07 Å². The molecule has 22 heavy (non-hydrogen) atoms. The third kappa shape index (κ3) is 3.00. The molecule has 0 bridgehead atoms. The van der Waals surface area contributed by atoms with Crippen LogP contribution < -0.4 is 5.32 Å². The lowest BCUT2D eigenvalue weighted by atomic mass is 10.1. The van der Waals surface area contributed by atoms with Crippen molar-refractivity contribution in [2.75, 3.05) is 13.2 Å². The second-order valence-corrected chi connectivity index (χ2v) is 5.09. The predicted molar refractivity (Wildman–Crippen MR) is 79.1 cm³/mol. The van der Waals surface area contributed by atoms with E-state index in [9.17, 15) is 4.79 Å². The summed E-state index contributed by atoms with van der Waals surface area (Å²) in [6.45, 7) is 2.44. The van der Waals surface area contributed by atoms with Crippen LogP contribution in [0, 0.1) is 11.3 Å². The van der Waals surface area contributed by atoms with Crippen LogP contribution in [0.25, 0.3) is 0 Å². The van der Waals surface area contributed by atoms with Gasteiger partial charge in [0.2, 0.25) is 0 Å². The molecule has 0 fully saturated rings. The molecule has 0 atom stereocenters. The van der Waals surface area contributed by atoms with Crippen molar-refractivity contribution in [3.63, 3.8) is 0 Å². The molecule has 0 saturated heterocycles. The second-order valence-electron chi connectivity index (χ2n) is 5.09. The summed E-state index contributed by atoms with van der Waals surface area (Å²) in [4.78, 5) is 12.1. The average Bonchev–Trinajstić information content (AvgIpc) is 2.98. The first-order chi connectivity index (χ1) is 10.8. The van der Waals surface area contributed by atoms with Gasteiger partial charge in [-0.05, 0) is 18.2 Å². The minimum absolute atomic E-state index is 0.179. The SMILES string of the molecule is N#Cc1cccc(C(=O)NCCn2ncc3c2CCOC3)c1. The molecule has 2 aromatic rings. The quantitative estimate of drug-likeness (QED) is 0.921. The first-order valence-corrected chi connectivity index (χ1v) is 7.17. The Kier molecular flexibility index (Phi) is 4.17. The van der Waals surface area contributed by atoms with E-state index in [-0.39, 0.29) is 5.91 Å². The number of nitrogens with one attached hydrogen (secondary N) is 1. The fraction of sp³-hybridized carbons (Fsp3) is 0.312. The number of hydrogen-bond donors (Lipinski definition) is 1. The molecule has 1 amide bonds. The Morgan fingerprint density at radius 2 is 2.41 bits per heavy atom. The number of aromatic nitrogens is 2. The zero-order valence-electron chi connectivity index (χ0n) is 12.1. The topological polar surface area (TPSA) is 79.9 Å². The minimum atomic E-state index is -0.179. The molecule has 0 unspecified atom stereocenters. The first kappa shape index (κ1) is 14.3. The maximum absolute atomic E-state index is 12.1. The smallest absolute Gasteiger partial charge is 0.251 e. The highest BCUT2D eigenvalue weighted by Crippen LogP contribution is 2.15.